The van der Waals surface area contributed by atoms with E-state index in [9.17, 15) is 5.11 Å². The predicted molar refractivity (Wildman–Crippen MR) is 63.6 cm³/mol. The van der Waals surface area contributed by atoms with Crippen LogP contribution in [0.25, 0.3) is 0 Å². The van der Waals surface area contributed by atoms with Crippen LogP contribution in [0.2, 0.25) is 0 Å². The molecule has 0 aliphatic carbocycles. The van der Waals surface area contributed by atoms with Gasteiger partial charge in [0.05, 0.1) is 6.10 Å². The first-order valence-electron chi connectivity index (χ1n) is 5.34. The van der Waals surface area contributed by atoms with Crippen molar-refractivity contribution in [3.63, 3.8) is 0 Å². The Morgan fingerprint density at radius 1 is 1.40 bits per heavy atom. The summed E-state index contributed by atoms with van der Waals surface area (Å²) in [6.45, 7) is 4.07. The van der Waals surface area contributed by atoms with Gasteiger partial charge >= 0.3 is 0 Å². The van der Waals surface area contributed by atoms with Gasteiger partial charge < -0.3 is 5.11 Å². The zero-order valence-corrected chi connectivity index (χ0v) is 9.46. The Bertz CT molecular complexity index is 360. The van der Waals surface area contributed by atoms with E-state index in [0.29, 0.717) is 0 Å². The van der Waals surface area contributed by atoms with Crippen LogP contribution in [0.1, 0.15) is 42.1 Å². The van der Waals surface area contributed by atoms with E-state index in [1.54, 1.807) is 0 Å². The lowest BCUT2D eigenvalue weighted by Crippen LogP contribution is -2.00. The molecular formula is C14H18O. The number of terminal acetylenes is 1. The molecule has 1 unspecified atom stereocenters. The normalized spacial score (nSPS) is 12.1. The molecule has 1 rings (SSSR count). The molecule has 0 amide bonds. The summed E-state index contributed by atoms with van der Waals surface area (Å²) in [6.07, 6.45) is 7.16. The fourth-order valence-electron chi connectivity index (χ4n) is 1.67. The minimum Gasteiger partial charge on any atom is -0.388 e. The first kappa shape index (κ1) is 11.8. The number of hydrogen-bond acceptors (Lipinski definition) is 1. The molecule has 80 valence electrons. The van der Waals surface area contributed by atoms with Gasteiger partial charge in [-0.15, -0.1) is 12.3 Å². The highest BCUT2D eigenvalue weighted by Gasteiger charge is 2.09. The van der Waals surface area contributed by atoms with Crippen LogP contribution in [-0.4, -0.2) is 5.11 Å². The molecule has 0 saturated carbocycles. The summed E-state index contributed by atoms with van der Waals surface area (Å²) in [6, 6.07) is 6.16. The molecule has 0 aliphatic rings. The summed E-state index contributed by atoms with van der Waals surface area (Å²) in [5.74, 6) is 2.59. The Balaban J connectivity index is 2.69. The molecule has 0 bridgehead atoms. The molecule has 15 heavy (non-hydrogen) atoms. The zero-order valence-electron chi connectivity index (χ0n) is 9.46. The number of aryl methyl sites for hydroxylation is 2. The van der Waals surface area contributed by atoms with Crippen molar-refractivity contribution < 1.29 is 5.11 Å². The van der Waals surface area contributed by atoms with E-state index in [1.807, 2.05) is 13.8 Å². The molecule has 1 N–H and O–H groups in total. The smallest absolute Gasteiger partial charge is 0.0793 e. The van der Waals surface area contributed by atoms with E-state index in [2.05, 4.69) is 24.1 Å². The third kappa shape index (κ3) is 3.42. The van der Waals surface area contributed by atoms with Crippen molar-refractivity contribution in [3.8, 4) is 12.3 Å². The van der Waals surface area contributed by atoms with E-state index in [-0.39, 0.29) is 6.10 Å². The van der Waals surface area contributed by atoms with Crippen molar-refractivity contribution in [1.29, 1.82) is 0 Å². The van der Waals surface area contributed by atoms with Crippen LogP contribution in [0.3, 0.4) is 0 Å². The molecule has 0 saturated heterocycles. The fourth-order valence-corrected chi connectivity index (χ4v) is 1.67. The number of benzene rings is 1. The maximum Gasteiger partial charge on any atom is 0.0793 e. The van der Waals surface area contributed by atoms with Crippen LogP contribution in [-0.2, 0) is 0 Å². The van der Waals surface area contributed by atoms with Gasteiger partial charge in [0, 0.05) is 6.42 Å². The molecule has 0 aromatic heterocycles. The van der Waals surface area contributed by atoms with Crippen molar-refractivity contribution in [2.75, 3.05) is 0 Å². The average Bonchev–Trinajstić information content (AvgIpc) is 2.22. The van der Waals surface area contributed by atoms with Crippen LogP contribution >= 0.6 is 0 Å². The van der Waals surface area contributed by atoms with Gasteiger partial charge in [0.1, 0.15) is 0 Å². The standard InChI is InChI=1S/C14H18O/c1-4-5-6-7-14(15)13-10-11(2)8-9-12(13)3/h1,8-10,14-15H,5-7H2,2-3H3. The lowest BCUT2D eigenvalue weighted by atomic mass is 9.97. The van der Waals surface area contributed by atoms with Gasteiger partial charge in [0.25, 0.3) is 0 Å². The highest BCUT2D eigenvalue weighted by atomic mass is 16.3. The highest BCUT2D eigenvalue weighted by Crippen LogP contribution is 2.23. The minimum absolute atomic E-state index is 0.377. The second-order valence-corrected chi connectivity index (χ2v) is 3.97. The van der Waals surface area contributed by atoms with Gasteiger partial charge in [-0.2, -0.15) is 0 Å². The van der Waals surface area contributed by atoms with Crippen molar-refractivity contribution in [1.82, 2.24) is 0 Å². The Labute approximate surface area is 92.1 Å². The summed E-state index contributed by atoms with van der Waals surface area (Å²) in [5, 5.41) is 9.98. The third-order valence-corrected chi connectivity index (χ3v) is 2.59. The zero-order chi connectivity index (χ0) is 11.3. The summed E-state index contributed by atoms with van der Waals surface area (Å²) < 4.78 is 0. The van der Waals surface area contributed by atoms with Crippen LogP contribution in [0.5, 0.6) is 0 Å². The van der Waals surface area contributed by atoms with Gasteiger partial charge in [-0.05, 0) is 37.8 Å². The number of hydrogen-bond donors (Lipinski definition) is 1. The van der Waals surface area contributed by atoms with E-state index in [4.69, 9.17) is 6.42 Å². The summed E-state index contributed by atoms with van der Waals surface area (Å²) in [7, 11) is 0. The van der Waals surface area contributed by atoms with Crippen LogP contribution in [0.15, 0.2) is 18.2 Å². The van der Waals surface area contributed by atoms with E-state index in [0.717, 1.165) is 30.4 Å². The predicted octanol–water partition coefficient (Wildman–Crippen LogP) is 3.14. The first-order chi connectivity index (χ1) is 7.15. The van der Waals surface area contributed by atoms with Gasteiger partial charge in [0.2, 0.25) is 0 Å². The minimum atomic E-state index is -0.377. The molecule has 1 nitrogen and oxygen atoms in total. The summed E-state index contributed by atoms with van der Waals surface area (Å²) >= 11 is 0. The average molecular weight is 202 g/mol. The molecule has 1 aromatic carbocycles. The van der Waals surface area contributed by atoms with Crippen LogP contribution < -0.4 is 0 Å². The van der Waals surface area contributed by atoms with Crippen LogP contribution in [0, 0.1) is 26.2 Å². The molecule has 0 spiro atoms. The van der Waals surface area contributed by atoms with Gasteiger partial charge in [-0.1, -0.05) is 23.8 Å². The first-order valence-corrected chi connectivity index (χ1v) is 5.34. The lowest BCUT2D eigenvalue weighted by molar-refractivity contribution is 0.164. The number of aliphatic hydroxyl groups is 1. The molecule has 0 heterocycles. The fraction of sp³-hybridized carbons (Fsp3) is 0.429. The van der Waals surface area contributed by atoms with E-state index < -0.39 is 0 Å². The number of aliphatic hydroxyl groups excluding tert-OH is 1. The van der Waals surface area contributed by atoms with Crippen molar-refractivity contribution in [2.24, 2.45) is 0 Å². The molecular weight excluding hydrogens is 184 g/mol. The lowest BCUT2D eigenvalue weighted by Gasteiger charge is -2.13. The van der Waals surface area contributed by atoms with Gasteiger partial charge in [-0.3, -0.25) is 0 Å². The monoisotopic (exact) mass is 202 g/mol. The highest BCUT2D eigenvalue weighted by molar-refractivity contribution is 5.32. The summed E-state index contributed by atoms with van der Waals surface area (Å²) in [4.78, 5) is 0. The number of unbranched alkanes of at least 4 members (excludes halogenated alkanes) is 1. The van der Waals surface area contributed by atoms with Crippen molar-refractivity contribution >= 4 is 0 Å². The Morgan fingerprint density at radius 2 is 2.13 bits per heavy atom. The molecule has 1 heteroatoms. The third-order valence-electron chi connectivity index (χ3n) is 2.59. The van der Waals surface area contributed by atoms with Crippen LogP contribution in [0.4, 0.5) is 0 Å². The van der Waals surface area contributed by atoms with E-state index in [1.165, 1.54) is 5.56 Å². The van der Waals surface area contributed by atoms with Crippen molar-refractivity contribution in [2.45, 2.75) is 39.2 Å². The topological polar surface area (TPSA) is 20.2 Å². The maximum absolute atomic E-state index is 9.98. The van der Waals surface area contributed by atoms with Crippen molar-refractivity contribution in [3.05, 3.63) is 34.9 Å². The van der Waals surface area contributed by atoms with Gasteiger partial charge in [-0.25, -0.2) is 0 Å². The second-order valence-electron chi connectivity index (χ2n) is 3.97. The largest absolute Gasteiger partial charge is 0.388 e. The molecule has 0 radical (unpaired) electrons. The molecule has 1 atom stereocenters. The summed E-state index contributed by atoms with van der Waals surface area (Å²) in [5.41, 5.74) is 3.37. The van der Waals surface area contributed by atoms with Gasteiger partial charge in [0.15, 0.2) is 0 Å². The SMILES string of the molecule is C#CCCCC(O)c1cc(C)ccc1C. The quantitative estimate of drug-likeness (QED) is 0.587. The number of rotatable bonds is 4. The maximum atomic E-state index is 9.98. The Hall–Kier alpha value is -1.26. The molecule has 0 aliphatic heterocycles. The Kier molecular flexibility index (Phi) is 4.39. The molecule has 1 aromatic rings. The second kappa shape index (κ2) is 5.58. The van der Waals surface area contributed by atoms with E-state index >= 15 is 0 Å². The molecule has 0 fully saturated rings. The Morgan fingerprint density at radius 3 is 2.80 bits per heavy atom.